The molecule has 1 atom stereocenters. The van der Waals surface area contributed by atoms with Gasteiger partial charge in [-0.2, -0.15) is 13.2 Å². The van der Waals surface area contributed by atoms with Gasteiger partial charge in [0, 0.05) is 24.2 Å². The number of halogens is 3. The Kier molecular flexibility index (Phi) is 4.28. The minimum absolute atomic E-state index is 0.151. The number of hydrogen-bond donors (Lipinski definition) is 1. The van der Waals surface area contributed by atoms with Gasteiger partial charge in [0.25, 0.3) is 0 Å². The fraction of sp³-hybridized carbons (Fsp3) is 0.600. The van der Waals surface area contributed by atoms with E-state index in [9.17, 15) is 13.2 Å². The molecule has 1 unspecified atom stereocenters. The van der Waals surface area contributed by atoms with Crippen molar-refractivity contribution in [3.8, 4) is 0 Å². The summed E-state index contributed by atoms with van der Waals surface area (Å²) in [5, 5.41) is 0. The summed E-state index contributed by atoms with van der Waals surface area (Å²) in [5.74, 6) is 0.151. The number of fused-ring (bicyclic) bond motifs is 1. The van der Waals surface area contributed by atoms with Crippen LogP contribution in [0.25, 0.3) is 0 Å². The second-order valence-electron chi connectivity index (χ2n) is 5.65. The smallest absolute Gasteiger partial charge is 0.368 e. The summed E-state index contributed by atoms with van der Waals surface area (Å²) < 4.78 is 38.6. The molecule has 0 saturated carbocycles. The summed E-state index contributed by atoms with van der Waals surface area (Å²) in [5.41, 5.74) is 6.73. The highest BCUT2D eigenvalue weighted by molar-refractivity contribution is 5.62. The van der Waals surface area contributed by atoms with E-state index in [1.165, 1.54) is 12.1 Å². The third-order valence-corrected chi connectivity index (χ3v) is 3.90. The SMILES string of the molecule is CC(C)N1CC(CCCN)c2cc(C(F)(F)F)ccc21. The van der Waals surface area contributed by atoms with Crippen molar-refractivity contribution in [1.29, 1.82) is 0 Å². The van der Waals surface area contributed by atoms with E-state index >= 15 is 0 Å². The number of anilines is 1. The topological polar surface area (TPSA) is 29.3 Å². The van der Waals surface area contributed by atoms with Crippen LogP contribution in [0, 0.1) is 0 Å². The summed E-state index contributed by atoms with van der Waals surface area (Å²) in [6.07, 6.45) is -2.60. The van der Waals surface area contributed by atoms with Crippen molar-refractivity contribution in [2.24, 2.45) is 5.73 Å². The maximum absolute atomic E-state index is 12.9. The third kappa shape index (κ3) is 2.92. The Balaban J connectivity index is 2.37. The molecule has 2 rings (SSSR count). The number of hydrogen-bond acceptors (Lipinski definition) is 2. The molecule has 2 nitrogen and oxygen atoms in total. The fourth-order valence-electron chi connectivity index (χ4n) is 2.85. The molecule has 0 bridgehead atoms. The average Bonchev–Trinajstić information content (AvgIpc) is 2.73. The molecule has 5 heteroatoms. The summed E-state index contributed by atoms with van der Waals surface area (Å²) in [7, 11) is 0. The van der Waals surface area contributed by atoms with E-state index in [1.54, 1.807) is 6.07 Å². The standard InChI is InChI=1S/C15H21F3N2/c1-10(2)20-9-11(4-3-7-19)13-8-12(15(16,17)18)5-6-14(13)20/h5-6,8,10-11H,3-4,7,9,19H2,1-2H3. The number of rotatable bonds is 4. The maximum atomic E-state index is 12.9. The molecule has 0 amide bonds. The summed E-state index contributed by atoms with van der Waals surface area (Å²) >= 11 is 0. The highest BCUT2D eigenvalue weighted by Crippen LogP contribution is 2.42. The van der Waals surface area contributed by atoms with Crippen molar-refractivity contribution in [3.05, 3.63) is 29.3 Å². The molecule has 112 valence electrons. The fourth-order valence-corrected chi connectivity index (χ4v) is 2.85. The summed E-state index contributed by atoms with van der Waals surface area (Å²) in [6.45, 7) is 5.49. The van der Waals surface area contributed by atoms with Crippen molar-refractivity contribution >= 4 is 5.69 Å². The van der Waals surface area contributed by atoms with Crippen molar-refractivity contribution in [2.45, 2.75) is 44.8 Å². The Bertz CT molecular complexity index is 469. The Hall–Kier alpha value is -1.23. The monoisotopic (exact) mass is 286 g/mol. The Morgan fingerprint density at radius 2 is 2.05 bits per heavy atom. The molecule has 0 spiro atoms. The first-order chi connectivity index (χ1) is 9.34. The molecule has 0 saturated heterocycles. The first kappa shape index (κ1) is 15.2. The van der Waals surface area contributed by atoms with Crippen LogP contribution in [0.1, 0.15) is 43.7 Å². The van der Waals surface area contributed by atoms with Gasteiger partial charge in [-0.1, -0.05) is 0 Å². The van der Waals surface area contributed by atoms with E-state index in [1.807, 2.05) is 0 Å². The summed E-state index contributed by atoms with van der Waals surface area (Å²) in [4.78, 5) is 2.18. The minimum atomic E-state index is -4.28. The zero-order chi connectivity index (χ0) is 14.9. The Labute approximate surface area is 117 Å². The molecule has 1 aliphatic heterocycles. The molecule has 1 aliphatic rings. The van der Waals surface area contributed by atoms with Crippen LogP contribution in [0.2, 0.25) is 0 Å². The maximum Gasteiger partial charge on any atom is 0.416 e. The van der Waals surface area contributed by atoms with Gasteiger partial charge >= 0.3 is 6.18 Å². The summed E-state index contributed by atoms with van der Waals surface area (Å²) in [6, 6.07) is 4.40. The van der Waals surface area contributed by atoms with Crippen LogP contribution in [-0.4, -0.2) is 19.1 Å². The van der Waals surface area contributed by atoms with E-state index in [2.05, 4.69) is 18.7 Å². The molecule has 0 aliphatic carbocycles. The van der Waals surface area contributed by atoms with Crippen molar-refractivity contribution in [1.82, 2.24) is 0 Å². The minimum Gasteiger partial charge on any atom is -0.368 e. The lowest BCUT2D eigenvalue weighted by molar-refractivity contribution is -0.137. The molecular weight excluding hydrogens is 265 g/mol. The molecular formula is C15H21F3N2. The number of nitrogens with zero attached hydrogens (tertiary/aromatic N) is 1. The number of alkyl halides is 3. The highest BCUT2D eigenvalue weighted by atomic mass is 19.4. The molecule has 0 radical (unpaired) electrons. The van der Waals surface area contributed by atoms with Crippen molar-refractivity contribution in [3.63, 3.8) is 0 Å². The van der Waals surface area contributed by atoms with Gasteiger partial charge in [0.1, 0.15) is 0 Å². The molecule has 1 heterocycles. The van der Waals surface area contributed by atoms with Gasteiger partial charge in [0.05, 0.1) is 5.56 Å². The van der Waals surface area contributed by atoms with E-state index in [0.29, 0.717) is 6.54 Å². The van der Waals surface area contributed by atoms with Crippen LogP contribution < -0.4 is 10.6 Å². The van der Waals surface area contributed by atoms with Crippen LogP contribution in [0.15, 0.2) is 18.2 Å². The second-order valence-corrected chi connectivity index (χ2v) is 5.65. The quantitative estimate of drug-likeness (QED) is 0.913. The van der Waals surface area contributed by atoms with Crippen LogP contribution in [0.4, 0.5) is 18.9 Å². The molecule has 1 aromatic carbocycles. The van der Waals surface area contributed by atoms with Gasteiger partial charge in [-0.3, -0.25) is 0 Å². The molecule has 0 aromatic heterocycles. The lowest BCUT2D eigenvalue weighted by Gasteiger charge is -2.24. The predicted molar refractivity (Wildman–Crippen MR) is 75.0 cm³/mol. The lowest BCUT2D eigenvalue weighted by Crippen LogP contribution is -2.29. The van der Waals surface area contributed by atoms with E-state index in [0.717, 1.165) is 30.6 Å². The normalized spacial score (nSPS) is 18.8. The highest BCUT2D eigenvalue weighted by Gasteiger charge is 2.35. The van der Waals surface area contributed by atoms with Gasteiger partial charge in [0.2, 0.25) is 0 Å². The van der Waals surface area contributed by atoms with Crippen LogP contribution in [-0.2, 0) is 6.18 Å². The second kappa shape index (κ2) is 5.64. The van der Waals surface area contributed by atoms with Gasteiger partial charge in [0.15, 0.2) is 0 Å². The average molecular weight is 286 g/mol. The van der Waals surface area contributed by atoms with E-state index in [-0.39, 0.29) is 12.0 Å². The Morgan fingerprint density at radius 1 is 1.35 bits per heavy atom. The van der Waals surface area contributed by atoms with Gasteiger partial charge < -0.3 is 10.6 Å². The van der Waals surface area contributed by atoms with Gasteiger partial charge in [-0.05, 0) is 57.0 Å². The van der Waals surface area contributed by atoms with Crippen molar-refractivity contribution in [2.75, 3.05) is 18.0 Å². The van der Waals surface area contributed by atoms with Crippen molar-refractivity contribution < 1.29 is 13.2 Å². The number of benzene rings is 1. The predicted octanol–water partition coefficient (Wildman–Crippen LogP) is 3.76. The molecule has 1 aromatic rings. The lowest BCUT2D eigenvalue weighted by atomic mass is 9.95. The first-order valence-corrected chi connectivity index (χ1v) is 7.02. The van der Waals surface area contributed by atoms with Crippen LogP contribution in [0.5, 0.6) is 0 Å². The zero-order valence-corrected chi connectivity index (χ0v) is 11.9. The van der Waals surface area contributed by atoms with E-state index in [4.69, 9.17) is 5.73 Å². The Morgan fingerprint density at radius 3 is 2.60 bits per heavy atom. The van der Waals surface area contributed by atoms with Crippen LogP contribution >= 0.6 is 0 Å². The largest absolute Gasteiger partial charge is 0.416 e. The number of nitrogens with two attached hydrogens (primary N) is 1. The molecule has 20 heavy (non-hydrogen) atoms. The van der Waals surface area contributed by atoms with Gasteiger partial charge in [-0.15, -0.1) is 0 Å². The first-order valence-electron chi connectivity index (χ1n) is 7.02. The molecule has 2 N–H and O–H groups in total. The van der Waals surface area contributed by atoms with Crippen LogP contribution in [0.3, 0.4) is 0 Å². The zero-order valence-electron chi connectivity index (χ0n) is 11.9. The molecule has 0 fully saturated rings. The van der Waals surface area contributed by atoms with E-state index < -0.39 is 11.7 Å². The van der Waals surface area contributed by atoms with Gasteiger partial charge in [-0.25, -0.2) is 0 Å². The third-order valence-electron chi connectivity index (χ3n) is 3.90.